The van der Waals surface area contributed by atoms with Crippen LogP contribution < -0.4 is 19.5 Å². The number of carbonyl (C=O) groups excluding carboxylic acids is 2. The van der Waals surface area contributed by atoms with Gasteiger partial charge in [0, 0.05) is 12.1 Å². The second-order valence-electron chi connectivity index (χ2n) is 7.81. The summed E-state index contributed by atoms with van der Waals surface area (Å²) in [6, 6.07) is 19.2. The van der Waals surface area contributed by atoms with Gasteiger partial charge in [0.25, 0.3) is 15.9 Å². The summed E-state index contributed by atoms with van der Waals surface area (Å²) in [4.78, 5) is 27.2. The second kappa shape index (κ2) is 12.1. The number of hydrogen-bond donors (Lipinski definition) is 2. The van der Waals surface area contributed by atoms with Crippen LogP contribution in [-0.2, 0) is 14.8 Å². The quantitative estimate of drug-likeness (QED) is 0.402. The largest absolute Gasteiger partial charge is 0.495 e. The lowest BCUT2D eigenvalue weighted by Crippen LogP contribution is -2.38. The van der Waals surface area contributed by atoms with E-state index in [1.807, 2.05) is 6.92 Å². The van der Waals surface area contributed by atoms with Crippen LogP contribution in [0.2, 0.25) is 0 Å². The number of amides is 2. The molecule has 2 N–H and O–H groups in total. The summed E-state index contributed by atoms with van der Waals surface area (Å²) >= 11 is 0. The Balaban J connectivity index is 1.73. The maximum atomic E-state index is 13.1. The monoisotopic (exact) mass is 511 g/mol. The Morgan fingerprint density at radius 1 is 0.833 bits per heavy atom. The zero-order chi connectivity index (χ0) is 26.1. The minimum Gasteiger partial charge on any atom is -0.495 e. The predicted molar refractivity (Wildman–Crippen MR) is 138 cm³/mol. The van der Waals surface area contributed by atoms with Crippen LogP contribution in [0.15, 0.2) is 77.7 Å². The maximum absolute atomic E-state index is 13.1. The zero-order valence-electron chi connectivity index (χ0n) is 20.4. The van der Waals surface area contributed by atoms with Crippen molar-refractivity contribution in [3.63, 3.8) is 0 Å². The van der Waals surface area contributed by atoms with Crippen molar-refractivity contribution < 1.29 is 27.5 Å². The summed E-state index contributed by atoms with van der Waals surface area (Å²) in [6.45, 7) is 2.09. The van der Waals surface area contributed by atoms with Gasteiger partial charge in [-0.05, 0) is 55.0 Å². The van der Waals surface area contributed by atoms with Gasteiger partial charge in [0.2, 0.25) is 5.91 Å². The lowest BCUT2D eigenvalue weighted by molar-refractivity contribution is -0.116. The molecule has 0 bridgehead atoms. The normalized spacial score (nSPS) is 10.9. The highest BCUT2D eigenvalue weighted by molar-refractivity contribution is 7.92. The molecule has 0 unspecified atom stereocenters. The van der Waals surface area contributed by atoms with E-state index in [9.17, 15) is 18.0 Å². The molecule has 0 aliphatic rings. The molecule has 0 saturated heterocycles. The van der Waals surface area contributed by atoms with Crippen LogP contribution in [0.4, 0.5) is 11.4 Å². The molecule has 0 aromatic heterocycles. The van der Waals surface area contributed by atoms with Crippen molar-refractivity contribution in [2.75, 3.05) is 37.3 Å². The Labute approximate surface area is 211 Å². The molecule has 10 heteroatoms. The van der Waals surface area contributed by atoms with E-state index in [0.717, 1.165) is 0 Å². The number of carbonyl (C=O) groups is 2. The van der Waals surface area contributed by atoms with Crippen LogP contribution >= 0.6 is 0 Å². The van der Waals surface area contributed by atoms with Gasteiger partial charge < -0.3 is 19.7 Å². The number of hydrogen-bond acceptors (Lipinski definition) is 6. The van der Waals surface area contributed by atoms with Gasteiger partial charge in [-0.15, -0.1) is 0 Å². The van der Waals surface area contributed by atoms with Crippen LogP contribution in [0.5, 0.6) is 11.5 Å². The summed E-state index contributed by atoms with van der Waals surface area (Å²) in [5.74, 6) is 0.141. The number of nitrogens with zero attached hydrogens (tertiary/aromatic N) is 1. The molecule has 3 aromatic carbocycles. The van der Waals surface area contributed by atoms with Crippen molar-refractivity contribution in [2.45, 2.75) is 18.2 Å². The fourth-order valence-corrected chi connectivity index (χ4v) is 4.60. The first-order valence-electron chi connectivity index (χ1n) is 11.3. The molecule has 3 rings (SSSR count). The van der Waals surface area contributed by atoms with Gasteiger partial charge in [0.15, 0.2) is 0 Å². The number of ether oxygens (including phenoxy) is 2. The Morgan fingerprint density at radius 2 is 1.39 bits per heavy atom. The van der Waals surface area contributed by atoms with E-state index in [1.165, 1.54) is 43.4 Å². The number of anilines is 2. The lowest BCUT2D eigenvalue weighted by atomic mass is 10.2. The molecule has 36 heavy (non-hydrogen) atoms. The molecular weight excluding hydrogens is 482 g/mol. The Morgan fingerprint density at radius 3 is 1.97 bits per heavy atom. The summed E-state index contributed by atoms with van der Waals surface area (Å²) in [5.41, 5.74) is 1.08. The third-order valence-electron chi connectivity index (χ3n) is 5.26. The number of sulfonamides is 1. The molecule has 3 aromatic rings. The van der Waals surface area contributed by atoms with Gasteiger partial charge in [-0.2, -0.15) is 0 Å². The topological polar surface area (TPSA) is 114 Å². The molecular formula is C26H29N3O6S. The van der Waals surface area contributed by atoms with Gasteiger partial charge in [-0.1, -0.05) is 31.2 Å². The lowest BCUT2D eigenvalue weighted by Gasteiger charge is -2.22. The molecule has 9 nitrogen and oxygen atoms in total. The van der Waals surface area contributed by atoms with Crippen molar-refractivity contribution in [1.29, 1.82) is 0 Å². The van der Waals surface area contributed by atoms with Gasteiger partial charge in [-0.3, -0.25) is 14.3 Å². The first-order valence-corrected chi connectivity index (χ1v) is 12.8. The molecule has 0 atom stereocenters. The van der Waals surface area contributed by atoms with E-state index in [4.69, 9.17) is 9.47 Å². The smallest absolute Gasteiger partial charge is 0.262 e. The van der Waals surface area contributed by atoms with Gasteiger partial charge in [-0.25, -0.2) is 8.42 Å². The Hall–Kier alpha value is -4.05. The number of rotatable bonds is 11. The molecule has 0 aliphatic heterocycles. The Kier molecular flexibility index (Phi) is 8.91. The van der Waals surface area contributed by atoms with Gasteiger partial charge in [0.1, 0.15) is 18.0 Å². The standard InChI is InChI=1S/C26H29N3O6S/c1-4-17-29(18-25(30)27-21-9-5-7-11-23(21)34-2)26(31)19-13-15-20(16-14-19)36(32,33)28-22-10-6-8-12-24(22)35-3/h5-16,28H,4,17-18H2,1-3H3,(H,27,30). The SMILES string of the molecule is CCCN(CC(=O)Nc1ccccc1OC)C(=O)c1ccc(S(=O)(=O)Nc2ccccc2OC)cc1. The summed E-state index contributed by atoms with van der Waals surface area (Å²) in [7, 11) is -0.952. The predicted octanol–water partition coefficient (Wildman–Crippen LogP) is 4.00. The van der Waals surface area contributed by atoms with Crippen molar-refractivity contribution >= 4 is 33.2 Å². The van der Waals surface area contributed by atoms with Crippen molar-refractivity contribution in [3.8, 4) is 11.5 Å². The first kappa shape index (κ1) is 26.6. The van der Waals surface area contributed by atoms with Gasteiger partial charge in [0.05, 0.1) is 30.5 Å². The minimum absolute atomic E-state index is 0.0130. The van der Waals surface area contributed by atoms with Crippen LogP contribution in [0, 0.1) is 0 Å². The van der Waals surface area contributed by atoms with Crippen molar-refractivity contribution in [1.82, 2.24) is 4.90 Å². The minimum atomic E-state index is -3.91. The number of methoxy groups -OCH3 is 2. The molecule has 190 valence electrons. The van der Waals surface area contributed by atoms with Crippen LogP contribution in [0.1, 0.15) is 23.7 Å². The van der Waals surface area contributed by atoms with E-state index < -0.39 is 10.0 Å². The molecule has 2 amide bonds. The number of para-hydroxylation sites is 4. The van der Waals surface area contributed by atoms with E-state index >= 15 is 0 Å². The summed E-state index contributed by atoms with van der Waals surface area (Å²) in [6.07, 6.45) is 0.642. The van der Waals surface area contributed by atoms with E-state index in [2.05, 4.69) is 10.0 Å². The average molecular weight is 512 g/mol. The Bertz CT molecular complexity index is 1310. The zero-order valence-corrected chi connectivity index (χ0v) is 21.2. The van der Waals surface area contributed by atoms with Crippen LogP contribution in [0.3, 0.4) is 0 Å². The molecule has 0 heterocycles. The average Bonchev–Trinajstić information content (AvgIpc) is 2.88. The second-order valence-corrected chi connectivity index (χ2v) is 9.49. The highest BCUT2D eigenvalue weighted by atomic mass is 32.2. The molecule has 0 radical (unpaired) electrons. The van der Waals surface area contributed by atoms with E-state index in [-0.39, 0.29) is 28.8 Å². The summed E-state index contributed by atoms with van der Waals surface area (Å²) < 4.78 is 38.6. The number of benzene rings is 3. The first-order chi connectivity index (χ1) is 17.3. The van der Waals surface area contributed by atoms with Gasteiger partial charge >= 0.3 is 0 Å². The third-order valence-corrected chi connectivity index (χ3v) is 6.64. The summed E-state index contributed by atoms with van der Waals surface area (Å²) in [5, 5.41) is 2.76. The third kappa shape index (κ3) is 6.54. The number of nitrogens with one attached hydrogen (secondary N) is 2. The highest BCUT2D eigenvalue weighted by Gasteiger charge is 2.21. The molecule has 0 aliphatic carbocycles. The molecule has 0 spiro atoms. The van der Waals surface area contributed by atoms with Crippen LogP contribution in [0.25, 0.3) is 0 Å². The van der Waals surface area contributed by atoms with Crippen LogP contribution in [-0.4, -0.2) is 52.4 Å². The fourth-order valence-electron chi connectivity index (χ4n) is 3.53. The molecule has 0 saturated carbocycles. The fraction of sp³-hybridized carbons (Fsp3) is 0.231. The molecule has 0 fully saturated rings. The van der Waals surface area contributed by atoms with Crippen molar-refractivity contribution in [3.05, 3.63) is 78.4 Å². The van der Waals surface area contributed by atoms with E-state index in [1.54, 1.807) is 48.5 Å². The highest BCUT2D eigenvalue weighted by Crippen LogP contribution is 2.26. The van der Waals surface area contributed by atoms with E-state index in [0.29, 0.717) is 35.8 Å². The van der Waals surface area contributed by atoms with Crippen molar-refractivity contribution in [2.24, 2.45) is 0 Å². The maximum Gasteiger partial charge on any atom is 0.262 e.